The van der Waals surface area contributed by atoms with Crippen LogP contribution >= 0.6 is 23.2 Å². The summed E-state index contributed by atoms with van der Waals surface area (Å²) >= 11 is 11.1. The molecule has 0 saturated heterocycles. The van der Waals surface area contributed by atoms with Crippen LogP contribution in [0.15, 0.2) is 36.4 Å². The first-order chi connectivity index (χ1) is 17.7. The molecule has 0 aromatic heterocycles. The zero-order chi connectivity index (χ0) is 29.9. The van der Waals surface area contributed by atoms with Gasteiger partial charge in [-0.15, -0.1) is 0 Å². The first-order valence-corrected chi connectivity index (χ1v) is 13.0. The predicted octanol–water partition coefficient (Wildman–Crippen LogP) is 9.03. The third-order valence-corrected chi connectivity index (χ3v) is 7.32. The summed E-state index contributed by atoms with van der Waals surface area (Å²) in [6.45, 7) is 1.25. The zero-order valence-electron chi connectivity index (χ0n) is 19.6. The minimum Gasteiger partial charge on any atom is -0.294 e. The minimum absolute atomic E-state index is 0.369. The van der Waals surface area contributed by atoms with E-state index in [0.29, 0.717) is 24.3 Å². The van der Waals surface area contributed by atoms with Crippen molar-refractivity contribution in [2.24, 2.45) is 5.92 Å². The van der Waals surface area contributed by atoms with Gasteiger partial charge in [-0.1, -0.05) is 54.4 Å². The van der Waals surface area contributed by atoms with Gasteiger partial charge in [0.15, 0.2) is 11.6 Å². The fourth-order valence-corrected chi connectivity index (χ4v) is 5.30. The van der Waals surface area contributed by atoms with E-state index in [0.717, 1.165) is 18.2 Å². The molecule has 0 aliphatic carbocycles. The second kappa shape index (κ2) is 12.6. The topological polar surface area (TPSA) is 34.1 Å². The van der Waals surface area contributed by atoms with Gasteiger partial charge in [-0.3, -0.25) is 9.00 Å². The maximum absolute atomic E-state index is 13.7. The van der Waals surface area contributed by atoms with Crippen molar-refractivity contribution in [3.05, 3.63) is 74.5 Å². The van der Waals surface area contributed by atoms with Gasteiger partial charge >= 0.3 is 18.5 Å². The molecular formula is C24H18Cl2F10O2S. The molecule has 0 heterocycles. The Hall–Kier alpha value is -2.12. The molecule has 0 radical (unpaired) electrons. The summed E-state index contributed by atoms with van der Waals surface area (Å²) < 4.78 is 144. The Balaban J connectivity index is 2.36. The highest BCUT2D eigenvalue weighted by atomic mass is 35.5. The summed E-state index contributed by atoms with van der Waals surface area (Å²) in [6.07, 6.45) is -14.2. The number of ketones is 1. The number of hydrogen-bond donors (Lipinski definition) is 0. The van der Waals surface area contributed by atoms with Crippen molar-refractivity contribution in [1.82, 2.24) is 0 Å². The maximum Gasteiger partial charge on any atom is 0.417 e. The van der Waals surface area contributed by atoms with Crippen molar-refractivity contribution in [3.63, 3.8) is 0 Å². The lowest BCUT2D eigenvalue weighted by Crippen LogP contribution is -2.24. The highest BCUT2D eigenvalue weighted by Gasteiger charge is 2.40. The summed E-state index contributed by atoms with van der Waals surface area (Å²) in [7, 11) is -2.39. The molecule has 2 nitrogen and oxygen atoms in total. The van der Waals surface area contributed by atoms with Gasteiger partial charge in [-0.25, -0.2) is 4.39 Å². The summed E-state index contributed by atoms with van der Waals surface area (Å²) in [6, 6.07) is 3.48. The number of carbonyl (C=O) groups is 1. The summed E-state index contributed by atoms with van der Waals surface area (Å²) in [5, 5.41) is -1.39. The van der Waals surface area contributed by atoms with E-state index in [1.807, 2.05) is 0 Å². The zero-order valence-corrected chi connectivity index (χ0v) is 21.9. The van der Waals surface area contributed by atoms with Crippen molar-refractivity contribution >= 4 is 45.9 Å². The Morgan fingerprint density at radius 2 is 1.54 bits per heavy atom. The standard InChI is InChI=1S/C24H18Cl2F10O2S/c1-12(10-39(38)11-22(28,29)30)6-20(37)15-4-2-13(7-17(15)24(34,35)36)3-5-16(23(31,32)33)14-8-18(25)21(27)19(26)9-14/h2-5,7-9,12,16H,6,10-11H2,1H3/b5-3+/t12-,16?,39?/m0/s1. The van der Waals surface area contributed by atoms with Gasteiger partial charge < -0.3 is 0 Å². The third-order valence-electron chi connectivity index (χ3n) is 5.18. The lowest BCUT2D eigenvalue weighted by molar-refractivity contribution is -0.139. The Bertz CT molecular complexity index is 1230. The molecule has 3 atom stereocenters. The molecular weight excluding hydrogens is 613 g/mol. The first-order valence-electron chi connectivity index (χ1n) is 10.7. The predicted molar refractivity (Wildman–Crippen MR) is 128 cm³/mol. The lowest BCUT2D eigenvalue weighted by atomic mass is 9.93. The van der Waals surface area contributed by atoms with Gasteiger partial charge in [0.25, 0.3) is 0 Å². The fraction of sp³-hybridized carbons (Fsp3) is 0.375. The smallest absolute Gasteiger partial charge is 0.294 e. The van der Waals surface area contributed by atoms with E-state index < -0.39 is 97.4 Å². The van der Waals surface area contributed by atoms with Crippen molar-refractivity contribution in [2.45, 2.75) is 37.8 Å². The van der Waals surface area contributed by atoms with Gasteiger partial charge in [0.05, 0.1) is 21.5 Å². The highest BCUT2D eigenvalue weighted by molar-refractivity contribution is 7.85. The highest BCUT2D eigenvalue weighted by Crippen LogP contribution is 2.40. The van der Waals surface area contributed by atoms with Gasteiger partial charge in [-0.2, -0.15) is 39.5 Å². The molecule has 0 aliphatic heterocycles. The number of allylic oxidation sites excluding steroid dienone is 1. The van der Waals surface area contributed by atoms with Crippen molar-refractivity contribution in [2.75, 3.05) is 11.5 Å². The van der Waals surface area contributed by atoms with E-state index in [2.05, 4.69) is 0 Å². The molecule has 0 aliphatic rings. The molecule has 2 unspecified atom stereocenters. The largest absolute Gasteiger partial charge is 0.417 e. The number of rotatable bonds is 9. The van der Waals surface area contributed by atoms with Crippen molar-refractivity contribution < 1.29 is 52.9 Å². The molecule has 0 amide bonds. The molecule has 15 heteroatoms. The Labute approximate surface area is 228 Å². The molecule has 2 aromatic carbocycles. The number of Topliss-reactive ketones (excluding diaryl/α,β-unsaturated/α-hetero) is 1. The molecule has 0 N–H and O–H groups in total. The van der Waals surface area contributed by atoms with Crippen molar-refractivity contribution in [3.8, 4) is 0 Å². The number of hydrogen-bond acceptors (Lipinski definition) is 2. The summed E-state index contributed by atoms with van der Waals surface area (Å²) in [5.41, 5.74) is -3.27. The quantitative estimate of drug-likeness (QED) is 0.157. The molecule has 0 fully saturated rings. The first kappa shape index (κ1) is 33.1. The average Bonchev–Trinajstić information content (AvgIpc) is 2.74. The van der Waals surface area contributed by atoms with Crippen LogP contribution in [-0.2, 0) is 17.0 Å². The van der Waals surface area contributed by atoms with E-state index in [-0.39, 0.29) is 5.56 Å². The van der Waals surface area contributed by atoms with Gasteiger partial charge in [0, 0.05) is 28.5 Å². The van der Waals surface area contributed by atoms with Crippen LogP contribution in [-0.4, -0.2) is 33.9 Å². The van der Waals surface area contributed by atoms with E-state index in [1.54, 1.807) is 0 Å². The molecule has 216 valence electrons. The second-order valence-corrected chi connectivity index (χ2v) is 10.9. The monoisotopic (exact) mass is 630 g/mol. The third kappa shape index (κ3) is 9.78. The SMILES string of the molecule is C[C@@H](CC(=O)c1ccc(/C=C/C(c2cc(Cl)c(F)c(Cl)c2)C(F)(F)F)cc1C(F)(F)F)CS(=O)CC(F)(F)F. The molecule has 2 aromatic rings. The number of benzene rings is 2. The molecule has 39 heavy (non-hydrogen) atoms. The van der Waals surface area contributed by atoms with Gasteiger partial charge in [-0.05, 0) is 35.2 Å². The Morgan fingerprint density at radius 1 is 0.974 bits per heavy atom. The molecule has 0 bridgehead atoms. The fourth-order valence-electron chi connectivity index (χ4n) is 3.56. The van der Waals surface area contributed by atoms with Crippen LogP contribution in [0.4, 0.5) is 43.9 Å². The van der Waals surface area contributed by atoms with Crippen molar-refractivity contribution in [1.29, 1.82) is 0 Å². The number of halogens is 12. The van der Waals surface area contributed by atoms with Crippen LogP contribution in [0.1, 0.15) is 46.3 Å². The molecule has 2 rings (SSSR count). The van der Waals surface area contributed by atoms with E-state index in [1.165, 1.54) is 6.92 Å². The van der Waals surface area contributed by atoms with Gasteiger partial charge in [0.1, 0.15) is 5.75 Å². The van der Waals surface area contributed by atoms with Gasteiger partial charge in [0.2, 0.25) is 0 Å². The molecule has 0 saturated carbocycles. The number of alkyl halides is 9. The Kier molecular flexibility index (Phi) is 10.7. The maximum atomic E-state index is 13.7. The van der Waals surface area contributed by atoms with E-state index in [9.17, 15) is 52.9 Å². The Morgan fingerprint density at radius 3 is 2.03 bits per heavy atom. The second-order valence-electron chi connectivity index (χ2n) is 8.58. The van der Waals surface area contributed by atoms with Crippen LogP contribution in [0, 0.1) is 11.7 Å². The van der Waals surface area contributed by atoms with E-state index in [4.69, 9.17) is 23.2 Å². The normalized spacial score (nSPS) is 15.4. The molecule has 0 spiro atoms. The van der Waals surface area contributed by atoms with Crippen LogP contribution in [0.25, 0.3) is 6.08 Å². The minimum atomic E-state index is -5.11. The lowest BCUT2D eigenvalue weighted by Gasteiger charge is -2.18. The van der Waals surface area contributed by atoms with Crippen LogP contribution in [0.3, 0.4) is 0 Å². The average molecular weight is 631 g/mol. The summed E-state index contributed by atoms with van der Waals surface area (Å²) in [4.78, 5) is 12.5. The summed E-state index contributed by atoms with van der Waals surface area (Å²) in [5.74, 6) is -7.84. The van der Waals surface area contributed by atoms with E-state index >= 15 is 0 Å². The number of carbonyl (C=O) groups excluding carboxylic acids is 1. The van der Waals surface area contributed by atoms with Crippen LogP contribution in [0.2, 0.25) is 10.0 Å². The van der Waals surface area contributed by atoms with Crippen LogP contribution < -0.4 is 0 Å². The van der Waals surface area contributed by atoms with Crippen LogP contribution in [0.5, 0.6) is 0 Å².